The highest BCUT2D eigenvalue weighted by atomic mass is 19.1. The maximum atomic E-state index is 13.7. The number of aldehydes is 1. The molecule has 0 aliphatic carbocycles. The van der Waals surface area contributed by atoms with Gasteiger partial charge in [-0.05, 0) is 31.5 Å². The first kappa shape index (κ1) is 15.2. The fourth-order valence-corrected chi connectivity index (χ4v) is 2.01. The lowest BCUT2D eigenvalue weighted by atomic mass is 10.2. The van der Waals surface area contributed by atoms with E-state index in [9.17, 15) is 13.6 Å². The normalized spacial score (nSPS) is 10.7. The third-order valence-electron chi connectivity index (χ3n) is 3.10. The first-order chi connectivity index (χ1) is 10.1. The van der Waals surface area contributed by atoms with Gasteiger partial charge < -0.3 is 4.74 Å². The molecule has 4 nitrogen and oxygen atoms in total. The second-order valence-electron chi connectivity index (χ2n) is 4.52. The van der Waals surface area contributed by atoms with Crippen molar-refractivity contribution in [1.29, 1.82) is 0 Å². The zero-order chi connectivity index (χ0) is 15.4. The Morgan fingerprint density at radius 1 is 1.24 bits per heavy atom. The predicted octanol–water partition coefficient (Wildman–Crippen LogP) is 3.14. The monoisotopic (exact) mass is 294 g/mol. The van der Waals surface area contributed by atoms with Crippen LogP contribution >= 0.6 is 0 Å². The third kappa shape index (κ3) is 3.26. The van der Waals surface area contributed by atoms with E-state index in [0.29, 0.717) is 12.8 Å². The van der Waals surface area contributed by atoms with Crippen LogP contribution in [0.15, 0.2) is 18.2 Å². The highest BCUT2D eigenvalue weighted by Gasteiger charge is 2.14. The number of aromatic nitrogens is 2. The molecule has 0 unspecified atom stereocenters. The second kappa shape index (κ2) is 6.47. The quantitative estimate of drug-likeness (QED) is 0.769. The van der Waals surface area contributed by atoms with E-state index in [1.165, 1.54) is 0 Å². The first-order valence-corrected chi connectivity index (χ1v) is 6.71. The van der Waals surface area contributed by atoms with E-state index in [2.05, 4.69) is 5.10 Å². The summed E-state index contributed by atoms with van der Waals surface area (Å²) in [7, 11) is 0. The van der Waals surface area contributed by atoms with Crippen molar-refractivity contribution in [2.24, 2.45) is 0 Å². The number of hydrogen-bond acceptors (Lipinski definition) is 3. The molecular weight excluding hydrogens is 278 g/mol. The van der Waals surface area contributed by atoms with Crippen LogP contribution in [0.3, 0.4) is 0 Å². The lowest BCUT2D eigenvalue weighted by Crippen LogP contribution is -2.07. The minimum atomic E-state index is -0.893. The van der Waals surface area contributed by atoms with Gasteiger partial charge in [0.05, 0.1) is 11.4 Å². The summed E-state index contributed by atoms with van der Waals surface area (Å²) >= 11 is 0. The average Bonchev–Trinajstić information content (AvgIpc) is 2.88. The highest BCUT2D eigenvalue weighted by Crippen LogP contribution is 2.24. The maximum absolute atomic E-state index is 13.7. The Balaban J connectivity index is 2.20. The zero-order valence-electron chi connectivity index (χ0n) is 11.9. The molecule has 1 aromatic heterocycles. The molecule has 0 bridgehead atoms. The molecule has 2 rings (SSSR count). The molecule has 0 spiro atoms. The molecule has 0 fully saturated rings. The molecule has 1 heterocycles. The summed E-state index contributed by atoms with van der Waals surface area (Å²) in [5, 5.41) is 4.33. The molecule has 0 atom stereocenters. The van der Waals surface area contributed by atoms with Crippen LogP contribution < -0.4 is 4.74 Å². The number of halogens is 2. The summed E-state index contributed by atoms with van der Waals surface area (Å²) in [6, 6.07) is 3.74. The Morgan fingerprint density at radius 3 is 2.43 bits per heavy atom. The maximum Gasteiger partial charge on any atom is 0.191 e. The van der Waals surface area contributed by atoms with Crippen LogP contribution in [-0.4, -0.2) is 16.1 Å². The summed E-state index contributed by atoms with van der Waals surface area (Å²) in [5.41, 5.74) is 1.57. The van der Waals surface area contributed by atoms with Gasteiger partial charge in [0.15, 0.2) is 17.4 Å². The van der Waals surface area contributed by atoms with E-state index < -0.39 is 17.4 Å². The number of nitrogens with zero attached hydrogens (tertiary/aromatic N) is 2. The van der Waals surface area contributed by atoms with Crippen molar-refractivity contribution in [3.8, 4) is 5.75 Å². The number of ether oxygens (including phenoxy) is 1. The van der Waals surface area contributed by atoms with E-state index in [0.717, 1.165) is 29.9 Å². The number of aryl methyl sites for hydroxylation is 2. The number of carbonyl (C=O) groups is 1. The van der Waals surface area contributed by atoms with Crippen molar-refractivity contribution in [2.45, 2.75) is 33.4 Å². The van der Waals surface area contributed by atoms with Gasteiger partial charge in [0, 0.05) is 12.1 Å². The Hall–Kier alpha value is -2.24. The molecule has 112 valence electrons. The predicted molar refractivity (Wildman–Crippen MR) is 73.4 cm³/mol. The molecule has 0 aliphatic rings. The molecular formula is C15H16F2N2O2. The van der Waals surface area contributed by atoms with Crippen molar-refractivity contribution < 1.29 is 18.3 Å². The molecule has 0 saturated heterocycles. The van der Waals surface area contributed by atoms with Gasteiger partial charge in [0.1, 0.15) is 12.9 Å². The number of benzene rings is 1. The van der Waals surface area contributed by atoms with Crippen LogP contribution in [0.1, 0.15) is 35.6 Å². The van der Waals surface area contributed by atoms with Gasteiger partial charge in [-0.25, -0.2) is 8.78 Å². The number of hydrogen-bond donors (Lipinski definition) is 0. The Kier molecular flexibility index (Phi) is 4.67. The van der Waals surface area contributed by atoms with Gasteiger partial charge in [-0.2, -0.15) is 5.10 Å². The van der Waals surface area contributed by atoms with Gasteiger partial charge in [0.2, 0.25) is 0 Å². The topological polar surface area (TPSA) is 44.1 Å². The standard InChI is InChI=1S/C15H16F2N2O2/c1-3-11-7-12(19(4-2)18-11)9-21-15-13(16)5-10(8-20)6-14(15)17/h5-8H,3-4,9H2,1-2H3. The van der Waals surface area contributed by atoms with Crippen molar-refractivity contribution in [2.75, 3.05) is 0 Å². The van der Waals surface area contributed by atoms with E-state index >= 15 is 0 Å². The Morgan fingerprint density at radius 2 is 1.90 bits per heavy atom. The molecule has 2 aromatic rings. The molecule has 0 radical (unpaired) electrons. The van der Waals surface area contributed by atoms with E-state index in [1.54, 1.807) is 4.68 Å². The van der Waals surface area contributed by atoms with Crippen LogP contribution in [0, 0.1) is 11.6 Å². The SMILES string of the molecule is CCc1cc(COc2c(F)cc(C=O)cc2F)n(CC)n1. The third-order valence-corrected chi connectivity index (χ3v) is 3.10. The van der Waals surface area contributed by atoms with Gasteiger partial charge >= 0.3 is 0 Å². The van der Waals surface area contributed by atoms with Crippen LogP contribution in [0.25, 0.3) is 0 Å². The lowest BCUT2D eigenvalue weighted by molar-refractivity contribution is 0.112. The van der Waals surface area contributed by atoms with Crippen molar-refractivity contribution >= 4 is 6.29 Å². The average molecular weight is 294 g/mol. The fraction of sp³-hybridized carbons (Fsp3) is 0.333. The molecule has 6 heteroatoms. The van der Waals surface area contributed by atoms with Gasteiger partial charge in [-0.3, -0.25) is 9.48 Å². The van der Waals surface area contributed by atoms with Crippen LogP contribution in [0.4, 0.5) is 8.78 Å². The largest absolute Gasteiger partial charge is 0.481 e. The van der Waals surface area contributed by atoms with Crippen LogP contribution in [0.2, 0.25) is 0 Å². The van der Waals surface area contributed by atoms with Gasteiger partial charge in [0.25, 0.3) is 0 Å². The smallest absolute Gasteiger partial charge is 0.191 e. The summed E-state index contributed by atoms with van der Waals surface area (Å²) in [6.07, 6.45) is 1.16. The van der Waals surface area contributed by atoms with E-state index in [1.807, 2.05) is 19.9 Å². The summed E-state index contributed by atoms with van der Waals surface area (Å²) < 4.78 is 34.4. The van der Waals surface area contributed by atoms with Gasteiger partial charge in [-0.1, -0.05) is 6.92 Å². The van der Waals surface area contributed by atoms with Crippen LogP contribution in [0.5, 0.6) is 5.75 Å². The second-order valence-corrected chi connectivity index (χ2v) is 4.52. The molecule has 0 N–H and O–H groups in total. The Bertz CT molecular complexity index is 630. The lowest BCUT2D eigenvalue weighted by Gasteiger charge is -2.09. The van der Waals surface area contributed by atoms with Crippen molar-refractivity contribution in [1.82, 2.24) is 9.78 Å². The molecule has 0 aliphatic heterocycles. The summed E-state index contributed by atoms with van der Waals surface area (Å²) in [6.45, 7) is 4.56. The molecule has 0 amide bonds. The summed E-state index contributed by atoms with van der Waals surface area (Å²) in [4.78, 5) is 10.5. The molecule has 21 heavy (non-hydrogen) atoms. The van der Waals surface area contributed by atoms with E-state index in [-0.39, 0.29) is 12.2 Å². The van der Waals surface area contributed by atoms with Crippen molar-refractivity contribution in [3.05, 3.63) is 46.8 Å². The zero-order valence-corrected chi connectivity index (χ0v) is 11.9. The molecule has 0 saturated carbocycles. The van der Waals surface area contributed by atoms with Gasteiger partial charge in [-0.15, -0.1) is 0 Å². The highest BCUT2D eigenvalue weighted by molar-refractivity contribution is 5.75. The minimum absolute atomic E-state index is 0.00904. The fourth-order valence-electron chi connectivity index (χ4n) is 2.01. The minimum Gasteiger partial charge on any atom is -0.481 e. The molecule has 1 aromatic carbocycles. The summed E-state index contributed by atoms with van der Waals surface area (Å²) in [5.74, 6) is -2.27. The number of rotatable bonds is 6. The Labute approximate surface area is 121 Å². The van der Waals surface area contributed by atoms with E-state index in [4.69, 9.17) is 4.74 Å². The number of carbonyl (C=O) groups excluding carboxylic acids is 1. The van der Waals surface area contributed by atoms with Crippen molar-refractivity contribution in [3.63, 3.8) is 0 Å². The van der Waals surface area contributed by atoms with Crippen LogP contribution in [-0.2, 0) is 19.6 Å². The first-order valence-electron chi connectivity index (χ1n) is 6.71.